The highest BCUT2D eigenvalue weighted by molar-refractivity contribution is 5.51. The van der Waals surface area contributed by atoms with Crippen molar-refractivity contribution in [3.63, 3.8) is 0 Å². The highest BCUT2D eigenvalue weighted by Crippen LogP contribution is 2.28. The number of para-hydroxylation sites is 1. The van der Waals surface area contributed by atoms with E-state index in [9.17, 15) is 9.65 Å². The fourth-order valence-corrected chi connectivity index (χ4v) is 2.17. The smallest absolute Gasteiger partial charge is 0.143 e. The van der Waals surface area contributed by atoms with E-state index >= 15 is 0 Å². The van der Waals surface area contributed by atoms with Crippen molar-refractivity contribution < 1.29 is 9.13 Å². The molecule has 2 aromatic rings. The van der Waals surface area contributed by atoms with Crippen LogP contribution < -0.4 is 10.1 Å². The van der Waals surface area contributed by atoms with Crippen molar-refractivity contribution in [1.82, 2.24) is 0 Å². The average molecular weight is 284 g/mol. The first kappa shape index (κ1) is 14.9. The Morgan fingerprint density at radius 2 is 2.05 bits per heavy atom. The molecule has 0 amide bonds. The van der Waals surface area contributed by atoms with Gasteiger partial charge in [-0.25, -0.2) is 4.39 Å². The second-order valence-electron chi connectivity index (χ2n) is 4.69. The van der Waals surface area contributed by atoms with Crippen molar-refractivity contribution >= 4 is 5.69 Å². The molecule has 2 aromatic carbocycles. The summed E-state index contributed by atoms with van der Waals surface area (Å²) in [4.78, 5) is 0. The molecule has 1 unspecified atom stereocenters. The molecule has 0 radical (unpaired) electrons. The summed E-state index contributed by atoms with van der Waals surface area (Å²) >= 11 is 0. The van der Waals surface area contributed by atoms with Crippen molar-refractivity contribution in [3.05, 3.63) is 59.4 Å². The zero-order chi connectivity index (χ0) is 15.2. The molecule has 3 nitrogen and oxygen atoms in total. The van der Waals surface area contributed by atoms with Crippen LogP contribution in [0, 0.1) is 24.1 Å². The van der Waals surface area contributed by atoms with Crippen LogP contribution in [0.15, 0.2) is 42.5 Å². The number of nitrogens with zero attached hydrogens (tertiary/aromatic N) is 1. The fourth-order valence-electron chi connectivity index (χ4n) is 2.17. The number of rotatable bonds is 5. The largest absolute Gasteiger partial charge is 0.493 e. The van der Waals surface area contributed by atoms with Crippen LogP contribution in [0.1, 0.15) is 24.1 Å². The Bertz CT molecular complexity index is 644. The Balaban J connectivity index is 2.30. The highest BCUT2D eigenvalue weighted by atomic mass is 19.1. The van der Waals surface area contributed by atoms with Crippen LogP contribution in [-0.4, -0.2) is 6.61 Å². The van der Waals surface area contributed by atoms with Gasteiger partial charge in [-0.05, 0) is 43.7 Å². The van der Waals surface area contributed by atoms with Crippen molar-refractivity contribution in [3.8, 4) is 11.8 Å². The lowest BCUT2D eigenvalue weighted by atomic mass is 10.1. The maximum Gasteiger partial charge on any atom is 0.143 e. The molecule has 0 aromatic heterocycles. The van der Waals surface area contributed by atoms with E-state index in [0.29, 0.717) is 18.0 Å². The molecule has 0 aliphatic rings. The quantitative estimate of drug-likeness (QED) is 0.894. The molecule has 0 spiro atoms. The van der Waals surface area contributed by atoms with Crippen molar-refractivity contribution in [2.45, 2.75) is 19.9 Å². The van der Waals surface area contributed by atoms with Crippen molar-refractivity contribution in [2.24, 2.45) is 0 Å². The summed E-state index contributed by atoms with van der Waals surface area (Å²) in [5.41, 5.74) is 2.11. The molecule has 1 N–H and O–H groups in total. The predicted octanol–water partition coefficient (Wildman–Crippen LogP) is 4.21. The van der Waals surface area contributed by atoms with Crippen LogP contribution >= 0.6 is 0 Å². The SMILES string of the molecule is CCOc1ccccc1C(C#N)Nc1cc(C)cc(F)c1. The summed E-state index contributed by atoms with van der Waals surface area (Å²) in [5.74, 6) is 0.333. The van der Waals surface area contributed by atoms with Gasteiger partial charge in [0.05, 0.1) is 12.7 Å². The van der Waals surface area contributed by atoms with Gasteiger partial charge in [-0.2, -0.15) is 5.26 Å². The van der Waals surface area contributed by atoms with Gasteiger partial charge in [-0.1, -0.05) is 18.2 Å². The molecular formula is C17H17FN2O. The van der Waals surface area contributed by atoms with Gasteiger partial charge >= 0.3 is 0 Å². The molecule has 1 atom stereocenters. The van der Waals surface area contributed by atoms with Gasteiger partial charge in [0.1, 0.15) is 17.6 Å². The van der Waals surface area contributed by atoms with E-state index in [1.165, 1.54) is 12.1 Å². The molecular weight excluding hydrogens is 267 g/mol. The molecule has 0 heterocycles. The second-order valence-corrected chi connectivity index (χ2v) is 4.69. The van der Waals surface area contributed by atoms with E-state index in [1.807, 2.05) is 38.1 Å². The van der Waals surface area contributed by atoms with Gasteiger partial charge in [0.2, 0.25) is 0 Å². The normalized spacial score (nSPS) is 11.5. The zero-order valence-corrected chi connectivity index (χ0v) is 12.1. The molecule has 0 saturated heterocycles. The maximum absolute atomic E-state index is 13.4. The number of halogens is 1. The molecule has 0 fully saturated rings. The number of anilines is 1. The van der Waals surface area contributed by atoms with E-state index in [4.69, 9.17) is 4.74 Å². The number of aryl methyl sites for hydroxylation is 1. The first-order valence-electron chi connectivity index (χ1n) is 6.79. The number of nitrogens with one attached hydrogen (secondary N) is 1. The molecule has 2 rings (SSSR count). The molecule has 0 aliphatic heterocycles. The molecule has 0 aliphatic carbocycles. The Morgan fingerprint density at radius 1 is 1.29 bits per heavy atom. The zero-order valence-electron chi connectivity index (χ0n) is 12.1. The second kappa shape index (κ2) is 6.76. The van der Waals surface area contributed by atoms with Crippen LogP contribution in [0.25, 0.3) is 0 Å². The van der Waals surface area contributed by atoms with E-state index in [0.717, 1.165) is 11.1 Å². The first-order chi connectivity index (χ1) is 10.1. The topological polar surface area (TPSA) is 45.0 Å². The molecule has 4 heteroatoms. The molecule has 21 heavy (non-hydrogen) atoms. The number of hydrogen-bond donors (Lipinski definition) is 1. The summed E-state index contributed by atoms with van der Waals surface area (Å²) in [5, 5.41) is 12.5. The van der Waals surface area contributed by atoms with Gasteiger partial charge in [0.15, 0.2) is 0 Å². The van der Waals surface area contributed by atoms with E-state index < -0.39 is 6.04 Å². The minimum absolute atomic E-state index is 0.327. The standard InChI is InChI=1S/C17H17FN2O/c1-3-21-17-7-5-4-6-15(17)16(11-19)20-14-9-12(2)8-13(18)10-14/h4-10,16,20H,3H2,1-2H3. The highest BCUT2D eigenvalue weighted by Gasteiger charge is 2.15. The number of nitriles is 1. The molecule has 0 saturated carbocycles. The van der Waals surface area contributed by atoms with E-state index in [-0.39, 0.29) is 5.82 Å². The third-order valence-electron chi connectivity index (χ3n) is 3.01. The third kappa shape index (κ3) is 3.73. The van der Waals surface area contributed by atoms with Crippen LogP contribution in [0.5, 0.6) is 5.75 Å². The van der Waals surface area contributed by atoms with Crippen LogP contribution in [0.4, 0.5) is 10.1 Å². The van der Waals surface area contributed by atoms with Gasteiger partial charge < -0.3 is 10.1 Å². The lowest BCUT2D eigenvalue weighted by Gasteiger charge is -2.17. The molecule has 0 bridgehead atoms. The molecule has 108 valence electrons. The number of hydrogen-bond acceptors (Lipinski definition) is 3. The Labute approximate surface area is 124 Å². The summed E-state index contributed by atoms with van der Waals surface area (Å²) < 4.78 is 19.0. The monoisotopic (exact) mass is 284 g/mol. The van der Waals surface area contributed by atoms with Crippen LogP contribution in [0.2, 0.25) is 0 Å². The van der Waals surface area contributed by atoms with E-state index in [1.54, 1.807) is 6.07 Å². The van der Waals surface area contributed by atoms with Gasteiger partial charge in [-0.15, -0.1) is 0 Å². The van der Waals surface area contributed by atoms with E-state index in [2.05, 4.69) is 11.4 Å². The first-order valence-corrected chi connectivity index (χ1v) is 6.79. The van der Waals surface area contributed by atoms with Crippen LogP contribution in [0.3, 0.4) is 0 Å². The predicted molar refractivity (Wildman–Crippen MR) is 80.7 cm³/mol. The lowest BCUT2D eigenvalue weighted by Crippen LogP contribution is -2.10. The van der Waals surface area contributed by atoms with Gasteiger partial charge in [-0.3, -0.25) is 0 Å². The maximum atomic E-state index is 13.4. The average Bonchev–Trinajstić information content (AvgIpc) is 2.45. The van der Waals surface area contributed by atoms with Gasteiger partial charge in [0, 0.05) is 11.3 Å². The third-order valence-corrected chi connectivity index (χ3v) is 3.01. The number of ether oxygens (including phenoxy) is 1. The van der Waals surface area contributed by atoms with Gasteiger partial charge in [0.25, 0.3) is 0 Å². The van der Waals surface area contributed by atoms with Crippen molar-refractivity contribution in [2.75, 3.05) is 11.9 Å². The number of benzene rings is 2. The minimum Gasteiger partial charge on any atom is -0.493 e. The lowest BCUT2D eigenvalue weighted by molar-refractivity contribution is 0.336. The summed E-state index contributed by atoms with van der Waals surface area (Å²) in [6.45, 7) is 4.22. The Morgan fingerprint density at radius 3 is 2.71 bits per heavy atom. The summed E-state index contributed by atoms with van der Waals surface area (Å²) in [7, 11) is 0. The van der Waals surface area contributed by atoms with Crippen molar-refractivity contribution in [1.29, 1.82) is 5.26 Å². The minimum atomic E-state index is -0.603. The fraction of sp³-hybridized carbons (Fsp3) is 0.235. The Hall–Kier alpha value is -2.54. The Kier molecular flexibility index (Phi) is 4.78. The van der Waals surface area contributed by atoms with Crippen LogP contribution in [-0.2, 0) is 0 Å². The summed E-state index contributed by atoms with van der Waals surface area (Å²) in [6.07, 6.45) is 0. The summed E-state index contributed by atoms with van der Waals surface area (Å²) in [6, 6.07) is 13.6.